The molecule has 0 bridgehead atoms. The van der Waals surface area contributed by atoms with Crippen LogP contribution in [-0.2, 0) is 9.53 Å². The molecular weight excluding hydrogens is 140 g/mol. The van der Waals surface area contributed by atoms with Crippen molar-refractivity contribution in [3.8, 4) is 0 Å². The average molecular weight is 158 g/mol. The van der Waals surface area contributed by atoms with Gasteiger partial charge in [-0.2, -0.15) is 0 Å². The van der Waals surface area contributed by atoms with Gasteiger partial charge < -0.3 is 4.74 Å². The first-order valence-electron chi connectivity index (χ1n) is 4.11. The fourth-order valence-corrected chi connectivity index (χ4v) is 1.02. The van der Waals surface area contributed by atoms with E-state index in [1.807, 2.05) is 27.7 Å². The lowest BCUT2D eigenvalue weighted by Crippen LogP contribution is -2.30. The first-order chi connectivity index (χ1) is 4.95. The van der Waals surface area contributed by atoms with Crippen LogP contribution in [0.4, 0.5) is 0 Å². The number of hydrogen-bond acceptors (Lipinski definition) is 2. The maximum atomic E-state index is 11.0. The van der Waals surface area contributed by atoms with E-state index in [0.29, 0.717) is 0 Å². The van der Waals surface area contributed by atoms with Crippen molar-refractivity contribution in [2.24, 2.45) is 5.92 Å². The van der Waals surface area contributed by atoms with Crippen molar-refractivity contribution in [2.75, 3.05) is 0 Å². The molecular formula is C9H18O2. The van der Waals surface area contributed by atoms with Gasteiger partial charge in [-0.3, -0.25) is 4.79 Å². The van der Waals surface area contributed by atoms with Crippen LogP contribution in [0, 0.1) is 5.92 Å². The Hall–Kier alpha value is -0.370. The van der Waals surface area contributed by atoms with Crippen LogP contribution >= 0.6 is 0 Å². The smallest absolute Gasteiger partial charge is 0.158 e. The highest BCUT2D eigenvalue weighted by Crippen LogP contribution is 2.09. The molecule has 0 aliphatic heterocycles. The molecule has 11 heavy (non-hydrogen) atoms. The Morgan fingerprint density at radius 1 is 1.18 bits per heavy atom. The fourth-order valence-electron chi connectivity index (χ4n) is 1.02. The summed E-state index contributed by atoms with van der Waals surface area (Å²) in [4.78, 5) is 11.0. The molecule has 0 aliphatic rings. The lowest BCUT2D eigenvalue weighted by atomic mass is 10.0. The second-order valence-electron chi connectivity index (χ2n) is 3.46. The Kier molecular flexibility index (Phi) is 4.34. The van der Waals surface area contributed by atoms with Gasteiger partial charge in [0, 0.05) is 0 Å². The summed E-state index contributed by atoms with van der Waals surface area (Å²) < 4.78 is 5.42. The molecule has 0 aromatic heterocycles. The molecule has 0 radical (unpaired) electrons. The summed E-state index contributed by atoms with van der Waals surface area (Å²) in [6.45, 7) is 9.45. The third-order valence-corrected chi connectivity index (χ3v) is 1.42. The zero-order valence-electron chi connectivity index (χ0n) is 8.05. The summed E-state index contributed by atoms with van der Waals surface area (Å²) in [6, 6.07) is 0. The molecule has 1 atom stereocenters. The van der Waals surface area contributed by atoms with Gasteiger partial charge in [-0.05, 0) is 26.7 Å². The van der Waals surface area contributed by atoms with Crippen LogP contribution < -0.4 is 0 Å². The zero-order valence-corrected chi connectivity index (χ0v) is 8.05. The molecule has 0 aromatic rings. The van der Waals surface area contributed by atoms with E-state index in [9.17, 15) is 4.79 Å². The second kappa shape index (κ2) is 4.50. The lowest BCUT2D eigenvalue weighted by Gasteiger charge is -2.20. The van der Waals surface area contributed by atoms with Crippen molar-refractivity contribution in [1.82, 2.24) is 0 Å². The standard InChI is InChI=1S/C9H18O2/c1-6(2)9(8(5)10)11-7(3)4/h6-7,9H,1-5H3/t9-/m1/s1. The van der Waals surface area contributed by atoms with Gasteiger partial charge in [-0.1, -0.05) is 13.8 Å². The van der Waals surface area contributed by atoms with Crippen molar-refractivity contribution in [2.45, 2.75) is 46.8 Å². The number of hydrogen-bond donors (Lipinski definition) is 0. The predicted octanol–water partition coefficient (Wildman–Crippen LogP) is 2.02. The summed E-state index contributed by atoms with van der Waals surface area (Å²) in [5.41, 5.74) is 0. The Labute approximate surface area is 68.9 Å². The van der Waals surface area contributed by atoms with E-state index in [0.717, 1.165) is 0 Å². The molecule has 66 valence electrons. The number of rotatable bonds is 4. The van der Waals surface area contributed by atoms with Crippen LogP contribution in [0.1, 0.15) is 34.6 Å². The van der Waals surface area contributed by atoms with Crippen LogP contribution in [0.2, 0.25) is 0 Å². The molecule has 0 unspecified atom stereocenters. The summed E-state index contributed by atoms with van der Waals surface area (Å²) in [7, 11) is 0. The number of ketones is 1. The molecule has 0 amide bonds. The van der Waals surface area contributed by atoms with E-state index < -0.39 is 0 Å². The van der Waals surface area contributed by atoms with E-state index in [2.05, 4.69) is 0 Å². The number of ether oxygens (including phenoxy) is 1. The molecule has 0 saturated heterocycles. The SMILES string of the molecule is CC(=O)[C@H](OC(C)C)C(C)C. The number of carbonyl (C=O) groups is 1. The third kappa shape index (κ3) is 4.14. The zero-order chi connectivity index (χ0) is 9.02. The van der Waals surface area contributed by atoms with Gasteiger partial charge in [0.1, 0.15) is 6.10 Å². The minimum atomic E-state index is -0.227. The average Bonchev–Trinajstić information content (AvgIpc) is 1.81. The van der Waals surface area contributed by atoms with Gasteiger partial charge in [0.25, 0.3) is 0 Å². The lowest BCUT2D eigenvalue weighted by molar-refractivity contribution is -0.134. The molecule has 0 heterocycles. The normalized spacial score (nSPS) is 14.1. The van der Waals surface area contributed by atoms with Gasteiger partial charge in [0.05, 0.1) is 6.10 Å². The van der Waals surface area contributed by atoms with Crippen LogP contribution in [0.3, 0.4) is 0 Å². The van der Waals surface area contributed by atoms with Crippen molar-refractivity contribution in [3.05, 3.63) is 0 Å². The first-order valence-corrected chi connectivity index (χ1v) is 4.11. The predicted molar refractivity (Wildman–Crippen MR) is 45.5 cm³/mol. The summed E-state index contributed by atoms with van der Waals surface area (Å²) in [5.74, 6) is 0.392. The van der Waals surface area contributed by atoms with Gasteiger partial charge >= 0.3 is 0 Å². The van der Waals surface area contributed by atoms with Crippen molar-refractivity contribution < 1.29 is 9.53 Å². The third-order valence-electron chi connectivity index (χ3n) is 1.42. The van der Waals surface area contributed by atoms with E-state index in [4.69, 9.17) is 4.74 Å². The fraction of sp³-hybridized carbons (Fsp3) is 0.889. The van der Waals surface area contributed by atoms with E-state index in [1.165, 1.54) is 0 Å². The van der Waals surface area contributed by atoms with Gasteiger partial charge in [0.15, 0.2) is 5.78 Å². The summed E-state index contributed by atoms with van der Waals surface area (Å²) in [6.07, 6.45) is -0.0960. The van der Waals surface area contributed by atoms with Crippen LogP contribution in [-0.4, -0.2) is 18.0 Å². The Balaban J connectivity index is 4.01. The largest absolute Gasteiger partial charge is 0.368 e. The minimum absolute atomic E-state index is 0.119. The Bertz CT molecular complexity index is 128. The number of carbonyl (C=O) groups excluding carboxylic acids is 1. The molecule has 0 aliphatic carbocycles. The number of Topliss-reactive ketones (excluding diaryl/α,β-unsaturated/α-hetero) is 1. The minimum Gasteiger partial charge on any atom is -0.368 e. The van der Waals surface area contributed by atoms with Crippen LogP contribution in [0.15, 0.2) is 0 Å². The highest BCUT2D eigenvalue weighted by atomic mass is 16.5. The van der Waals surface area contributed by atoms with E-state index >= 15 is 0 Å². The van der Waals surface area contributed by atoms with Gasteiger partial charge in [-0.15, -0.1) is 0 Å². The highest BCUT2D eigenvalue weighted by Gasteiger charge is 2.19. The van der Waals surface area contributed by atoms with Crippen molar-refractivity contribution in [3.63, 3.8) is 0 Å². The molecule has 0 rings (SSSR count). The molecule has 2 heteroatoms. The molecule has 0 fully saturated rings. The van der Waals surface area contributed by atoms with Gasteiger partial charge in [-0.25, -0.2) is 0 Å². The van der Waals surface area contributed by atoms with Gasteiger partial charge in [0.2, 0.25) is 0 Å². The topological polar surface area (TPSA) is 26.3 Å². The van der Waals surface area contributed by atoms with E-state index in [1.54, 1.807) is 6.92 Å². The first kappa shape index (κ1) is 10.6. The molecule has 0 aromatic carbocycles. The highest BCUT2D eigenvalue weighted by molar-refractivity contribution is 5.80. The van der Waals surface area contributed by atoms with E-state index in [-0.39, 0.29) is 23.9 Å². The monoisotopic (exact) mass is 158 g/mol. The second-order valence-corrected chi connectivity index (χ2v) is 3.46. The van der Waals surface area contributed by atoms with Crippen molar-refractivity contribution >= 4 is 5.78 Å². The maximum Gasteiger partial charge on any atom is 0.158 e. The Morgan fingerprint density at radius 3 is 1.73 bits per heavy atom. The molecule has 0 saturated carbocycles. The maximum absolute atomic E-state index is 11.0. The van der Waals surface area contributed by atoms with Crippen molar-refractivity contribution in [1.29, 1.82) is 0 Å². The summed E-state index contributed by atoms with van der Waals surface area (Å²) in [5, 5.41) is 0. The Morgan fingerprint density at radius 2 is 1.64 bits per heavy atom. The molecule has 0 N–H and O–H groups in total. The molecule has 2 nitrogen and oxygen atoms in total. The summed E-state index contributed by atoms with van der Waals surface area (Å²) >= 11 is 0. The molecule has 0 spiro atoms. The van der Waals surface area contributed by atoms with Crippen LogP contribution in [0.25, 0.3) is 0 Å². The quantitative estimate of drug-likeness (QED) is 0.625. The van der Waals surface area contributed by atoms with Crippen LogP contribution in [0.5, 0.6) is 0 Å².